The van der Waals surface area contributed by atoms with Crippen molar-refractivity contribution >= 4 is 11.6 Å². The Labute approximate surface area is 95.6 Å². The van der Waals surface area contributed by atoms with Crippen molar-refractivity contribution in [2.24, 2.45) is 0 Å². The Balaban J connectivity index is 2.04. The summed E-state index contributed by atoms with van der Waals surface area (Å²) < 4.78 is 5.19. The van der Waals surface area contributed by atoms with Gasteiger partial charge >= 0.3 is 6.01 Å². The molecule has 0 aliphatic carbocycles. The molecule has 8 heteroatoms. The summed E-state index contributed by atoms with van der Waals surface area (Å²) in [6.07, 6.45) is 0. The first-order valence-corrected chi connectivity index (χ1v) is 4.69. The Bertz CT molecular complexity index is 539. The summed E-state index contributed by atoms with van der Waals surface area (Å²) in [6.45, 7) is 0.138. The maximum atomic E-state index is 10.5. The van der Waals surface area contributed by atoms with Crippen LogP contribution in [0.25, 0.3) is 0 Å². The fraction of sp³-hybridized carbons (Fsp3) is 0.111. The molecule has 0 spiro atoms. The number of ether oxygens (including phenoxy) is 1. The minimum Gasteiger partial charge on any atom is -0.457 e. The fourth-order valence-electron chi connectivity index (χ4n) is 1.23. The first-order chi connectivity index (χ1) is 8.15. The summed E-state index contributed by atoms with van der Waals surface area (Å²) in [7, 11) is 0. The molecule has 2 aromatic rings. The zero-order chi connectivity index (χ0) is 12.3. The third-order valence-electron chi connectivity index (χ3n) is 1.97. The van der Waals surface area contributed by atoms with Crippen molar-refractivity contribution in [3.05, 3.63) is 39.9 Å². The number of anilines is 1. The number of benzene rings is 1. The van der Waals surface area contributed by atoms with Gasteiger partial charge in [-0.2, -0.15) is 4.98 Å². The van der Waals surface area contributed by atoms with E-state index in [4.69, 9.17) is 10.5 Å². The molecule has 0 aliphatic rings. The number of non-ortho nitro benzene ring substituents is 1. The van der Waals surface area contributed by atoms with Gasteiger partial charge in [0.15, 0.2) is 0 Å². The van der Waals surface area contributed by atoms with E-state index in [0.717, 1.165) is 0 Å². The van der Waals surface area contributed by atoms with Crippen LogP contribution in [0.3, 0.4) is 0 Å². The molecule has 0 radical (unpaired) electrons. The Morgan fingerprint density at radius 3 is 3.00 bits per heavy atom. The van der Waals surface area contributed by atoms with Crippen LogP contribution in [-0.4, -0.2) is 20.1 Å². The van der Waals surface area contributed by atoms with E-state index in [0.29, 0.717) is 5.56 Å². The number of aromatic amines is 1. The van der Waals surface area contributed by atoms with Crippen LogP contribution in [0.5, 0.6) is 6.01 Å². The molecule has 0 amide bonds. The highest BCUT2D eigenvalue weighted by Crippen LogP contribution is 2.14. The summed E-state index contributed by atoms with van der Waals surface area (Å²) in [6, 6.07) is 6.24. The largest absolute Gasteiger partial charge is 0.457 e. The number of rotatable bonds is 4. The summed E-state index contributed by atoms with van der Waals surface area (Å²) in [5.74, 6) is 0.152. The Morgan fingerprint density at radius 1 is 1.53 bits per heavy atom. The number of nitrogen functional groups attached to an aromatic ring is 1. The molecule has 8 nitrogen and oxygen atoms in total. The molecule has 88 valence electrons. The summed E-state index contributed by atoms with van der Waals surface area (Å²) in [4.78, 5) is 13.8. The van der Waals surface area contributed by atoms with Crippen LogP contribution in [0.4, 0.5) is 11.6 Å². The number of hydrogen-bond donors (Lipinski definition) is 2. The molecule has 0 fully saturated rings. The summed E-state index contributed by atoms with van der Waals surface area (Å²) >= 11 is 0. The second-order valence-electron chi connectivity index (χ2n) is 3.22. The average molecular weight is 235 g/mol. The number of nitro groups is 1. The number of nitrogens with one attached hydrogen (secondary N) is 1. The zero-order valence-electron chi connectivity index (χ0n) is 8.66. The van der Waals surface area contributed by atoms with Gasteiger partial charge in [0.2, 0.25) is 5.95 Å². The SMILES string of the molecule is Nc1nc(OCc2cccc([N+](=O)[O-])c2)n[nH]1. The number of aromatic nitrogens is 3. The van der Waals surface area contributed by atoms with Crippen molar-refractivity contribution in [2.75, 3.05) is 5.73 Å². The van der Waals surface area contributed by atoms with Gasteiger partial charge in [-0.05, 0) is 5.56 Å². The Hall–Kier alpha value is -2.64. The van der Waals surface area contributed by atoms with Crippen LogP contribution in [0.1, 0.15) is 5.56 Å². The van der Waals surface area contributed by atoms with Crippen LogP contribution in [0.2, 0.25) is 0 Å². The molecule has 0 atom stereocenters. The third kappa shape index (κ3) is 2.68. The lowest BCUT2D eigenvalue weighted by molar-refractivity contribution is -0.384. The van der Waals surface area contributed by atoms with E-state index in [9.17, 15) is 10.1 Å². The minimum absolute atomic E-state index is 0.0144. The normalized spacial score (nSPS) is 10.1. The zero-order valence-corrected chi connectivity index (χ0v) is 8.66. The Kier molecular flexibility index (Phi) is 2.86. The maximum Gasteiger partial charge on any atom is 0.337 e. The van der Waals surface area contributed by atoms with E-state index in [-0.39, 0.29) is 24.3 Å². The highest BCUT2D eigenvalue weighted by Gasteiger charge is 2.07. The molecule has 3 N–H and O–H groups in total. The third-order valence-corrected chi connectivity index (χ3v) is 1.97. The summed E-state index contributed by atoms with van der Waals surface area (Å²) in [5, 5.41) is 16.6. The van der Waals surface area contributed by atoms with E-state index in [1.807, 2.05) is 0 Å². The van der Waals surface area contributed by atoms with Crippen molar-refractivity contribution in [2.45, 2.75) is 6.61 Å². The van der Waals surface area contributed by atoms with Gasteiger partial charge in [0.05, 0.1) is 4.92 Å². The van der Waals surface area contributed by atoms with E-state index < -0.39 is 4.92 Å². The van der Waals surface area contributed by atoms with Gasteiger partial charge in [-0.3, -0.25) is 10.1 Å². The monoisotopic (exact) mass is 235 g/mol. The molecule has 17 heavy (non-hydrogen) atoms. The van der Waals surface area contributed by atoms with Gasteiger partial charge in [0.1, 0.15) is 6.61 Å². The quantitative estimate of drug-likeness (QED) is 0.599. The molecular formula is C9H9N5O3. The molecule has 0 unspecified atom stereocenters. The van der Waals surface area contributed by atoms with Crippen LogP contribution >= 0.6 is 0 Å². The minimum atomic E-state index is -0.464. The lowest BCUT2D eigenvalue weighted by atomic mass is 10.2. The van der Waals surface area contributed by atoms with E-state index in [2.05, 4.69) is 15.2 Å². The van der Waals surface area contributed by atoms with E-state index in [1.165, 1.54) is 12.1 Å². The van der Waals surface area contributed by atoms with Crippen LogP contribution in [-0.2, 0) is 6.61 Å². The molecule has 1 heterocycles. The number of nitrogens with zero attached hydrogens (tertiary/aromatic N) is 3. The molecule has 1 aromatic heterocycles. The van der Waals surface area contributed by atoms with Crippen molar-refractivity contribution in [1.82, 2.24) is 15.2 Å². The van der Waals surface area contributed by atoms with Crippen molar-refractivity contribution < 1.29 is 9.66 Å². The smallest absolute Gasteiger partial charge is 0.337 e. The van der Waals surface area contributed by atoms with Crippen molar-refractivity contribution in [3.8, 4) is 6.01 Å². The van der Waals surface area contributed by atoms with Gasteiger partial charge in [-0.25, -0.2) is 5.10 Å². The molecular weight excluding hydrogens is 226 g/mol. The first-order valence-electron chi connectivity index (χ1n) is 4.69. The second kappa shape index (κ2) is 4.47. The number of nitro benzene ring substituents is 1. The van der Waals surface area contributed by atoms with E-state index in [1.54, 1.807) is 12.1 Å². The average Bonchev–Trinajstić information content (AvgIpc) is 2.73. The molecule has 2 rings (SSSR count). The highest BCUT2D eigenvalue weighted by atomic mass is 16.6. The fourth-order valence-corrected chi connectivity index (χ4v) is 1.23. The van der Waals surface area contributed by atoms with Crippen molar-refractivity contribution in [1.29, 1.82) is 0 Å². The summed E-state index contributed by atoms with van der Waals surface area (Å²) in [5.41, 5.74) is 5.98. The predicted octanol–water partition coefficient (Wildman–Crippen LogP) is 0.874. The van der Waals surface area contributed by atoms with E-state index >= 15 is 0 Å². The van der Waals surface area contributed by atoms with Gasteiger partial charge in [0.25, 0.3) is 5.69 Å². The van der Waals surface area contributed by atoms with Crippen LogP contribution < -0.4 is 10.5 Å². The number of H-pyrrole nitrogens is 1. The molecule has 1 aromatic carbocycles. The number of nitrogens with two attached hydrogens (primary N) is 1. The molecule has 0 saturated heterocycles. The highest BCUT2D eigenvalue weighted by molar-refractivity contribution is 5.34. The second-order valence-corrected chi connectivity index (χ2v) is 3.22. The number of hydrogen-bond acceptors (Lipinski definition) is 6. The lowest BCUT2D eigenvalue weighted by Crippen LogP contribution is -1.98. The standard InChI is InChI=1S/C9H9N5O3/c10-8-11-9(13-12-8)17-5-6-2-1-3-7(4-6)14(15)16/h1-4H,5H2,(H3,10,11,12,13). The lowest BCUT2D eigenvalue weighted by Gasteiger charge is -2.01. The Morgan fingerprint density at radius 2 is 2.35 bits per heavy atom. The predicted molar refractivity (Wildman–Crippen MR) is 58.2 cm³/mol. The van der Waals surface area contributed by atoms with Gasteiger partial charge in [0, 0.05) is 12.1 Å². The molecule has 0 bridgehead atoms. The topological polar surface area (TPSA) is 120 Å². The molecule has 0 saturated carbocycles. The van der Waals surface area contributed by atoms with Gasteiger partial charge < -0.3 is 10.5 Å². The molecule has 0 aliphatic heterocycles. The van der Waals surface area contributed by atoms with Crippen LogP contribution in [0, 0.1) is 10.1 Å². The van der Waals surface area contributed by atoms with Crippen LogP contribution in [0.15, 0.2) is 24.3 Å². The maximum absolute atomic E-state index is 10.5. The van der Waals surface area contributed by atoms with Gasteiger partial charge in [-0.1, -0.05) is 12.1 Å². The van der Waals surface area contributed by atoms with Gasteiger partial charge in [-0.15, -0.1) is 5.10 Å². The van der Waals surface area contributed by atoms with Crippen molar-refractivity contribution in [3.63, 3.8) is 0 Å². The first kappa shape index (κ1) is 10.9.